The second-order valence-corrected chi connectivity index (χ2v) is 4.67. The first-order chi connectivity index (χ1) is 9.22. The smallest absolute Gasteiger partial charge is 0.231 e. The quantitative estimate of drug-likeness (QED) is 0.830. The first kappa shape index (κ1) is 12.1. The highest BCUT2D eigenvalue weighted by molar-refractivity contribution is 6.32. The van der Waals surface area contributed by atoms with Crippen molar-refractivity contribution in [2.45, 2.75) is 6.92 Å². The number of pyridine rings is 1. The molecule has 2 heterocycles. The van der Waals surface area contributed by atoms with Crippen LogP contribution in [-0.2, 0) is 0 Å². The van der Waals surface area contributed by atoms with Gasteiger partial charge in [0.15, 0.2) is 11.5 Å². The number of ether oxygens (including phenoxy) is 2. The maximum absolute atomic E-state index is 6.20. The molecule has 0 fully saturated rings. The second-order valence-electron chi connectivity index (χ2n) is 4.26. The van der Waals surface area contributed by atoms with Crippen molar-refractivity contribution < 1.29 is 9.47 Å². The zero-order valence-corrected chi connectivity index (χ0v) is 11.1. The third-order valence-electron chi connectivity index (χ3n) is 2.84. The minimum absolute atomic E-state index is 0.248. The van der Waals surface area contributed by atoms with Crippen LogP contribution in [0.4, 0.5) is 0 Å². The molecule has 0 atom stereocenters. The van der Waals surface area contributed by atoms with E-state index in [1.165, 1.54) is 0 Å². The number of rotatable bonds is 2. The third-order valence-corrected chi connectivity index (χ3v) is 3.16. The van der Waals surface area contributed by atoms with Crippen molar-refractivity contribution in [2.75, 3.05) is 6.79 Å². The van der Waals surface area contributed by atoms with E-state index in [1.54, 1.807) is 6.07 Å². The molecule has 0 aliphatic carbocycles. The first-order valence-corrected chi connectivity index (χ1v) is 6.31. The number of halogens is 1. The monoisotopic (exact) mass is 273 g/mol. The molecule has 1 aromatic carbocycles. The fraction of sp³-hybridized carbons (Fsp3) is 0.133. The normalized spacial score (nSPS) is 13.2. The zero-order valence-electron chi connectivity index (χ0n) is 10.4. The number of nitrogens with zero attached hydrogens (tertiary/aromatic N) is 1. The maximum atomic E-state index is 6.20. The molecule has 1 aliphatic rings. The van der Waals surface area contributed by atoms with Gasteiger partial charge in [-0.1, -0.05) is 23.7 Å². The van der Waals surface area contributed by atoms with Crippen molar-refractivity contribution in [2.24, 2.45) is 0 Å². The van der Waals surface area contributed by atoms with Crippen LogP contribution in [0, 0.1) is 6.92 Å². The van der Waals surface area contributed by atoms with Crippen LogP contribution in [0.15, 0.2) is 30.3 Å². The standard InChI is InChI=1S/C15H12ClNO2/c1-10-3-2-4-12(17-10)6-5-11-7-14-15(8-13(11)16)19-9-18-14/h2-8H,9H2,1H3/b6-5+. The molecule has 1 aliphatic heterocycles. The van der Waals surface area contributed by atoms with Crippen LogP contribution in [0.3, 0.4) is 0 Å². The summed E-state index contributed by atoms with van der Waals surface area (Å²) in [4.78, 5) is 4.40. The number of fused-ring (bicyclic) bond motifs is 1. The maximum Gasteiger partial charge on any atom is 0.231 e. The number of hydrogen-bond donors (Lipinski definition) is 0. The summed E-state index contributed by atoms with van der Waals surface area (Å²) in [5, 5.41) is 0.633. The molecule has 0 radical (unpaired) electrons. The molecule has 4 heteroatoms. The summed E-state index contributed by atoms with van der Waals surface area (Å²) < 4.78 is 10.6. The van der Waals surface area contributed by atoms with Crippen molar-refractivity contribution in [3.63, 3.8) is 0 Å². The van der Waals surface area contributed by atoms with Crippen LogP contribution in [0.25, 0.3) is 12.2 Å². The van der Waals surface area contributed by atoms with Gasteiger partial charge in [-0.2, -0.15) is 0 Å². The van der Waals surface area contributed by atoms with E-state index in [0.29, 0.717) is 10.8 Å². The van der Waals surface area contributed by atoms with Crippen LogP contribution < -0.4 is 9.47 Å². The number of hydrogen-bond acceptors (Lipinski definition) is 3. The molecule has 0 amide bonds. The van der Waals surface area contributed by atoms with Crippen LogP contribution >= 0.6 is 11.6 Å². The molecule has 1 aromatic heterocycles. The van der Waals surface area contributed by atoms with E-state index in [9.17, 15) is 0 Å². The van der Waals surface area contributed by atoms with E-state index in [-0.39, 0.29) is 6.79 Å². The molecular weight excluding hydrogens is 262 g/mol. The van der Waals surface area contributed by atoms with E-state index in [1.807, 2.05) is 43.3 Å². The average Bonchev–Trinajstić information content (AvgIpc) is 2.83. The topological polar surface area (TPSA) is 31.4 Å². The lowest BCUT2D eigenvalue weighted by molar-refractivity contribution is 0.174. The molecular formula is C15H12ClNO2. The Morgan fingerprint density at radius 2 is 1.95 bits per heavy atom. The van der Waals surface area contributed by atoms with Crippen molar-refractivity contribution in [1.29, 1.82) is 0 Å². The van der Waals surface area contributed by atoms with E-state index in [0.717, 1.165) is 22.7 Å². The van der Waals surface area contributed by atoms with Crippen LogP contribution in [0.2, 0.25) is 5.02 Å². The Kier molecular flexibility index (Phi) is 3.13. The van der Waals surface area contributed by atoms with Gasteiger partial charge in [0.25, 0.3) is 0 Å². The van der Waals surface area contributed by atoms with Crippen LogP contribution in [0.1, 0.15) is 17.0 Å². The van der Waals surface area contributed by atoms with Crippen molar-refractivity contribution in [3.05, 3.63) is 52.3 Å². The predicted molar refractivity (Wildman–Crippen MR) is 75.5 cm³/mol. The first-order valence-electron chi connectivity index (χ1n) is 5.93. The molecule has 3 rings (SSSR count). The fourth-order valence-corrected chi connectivity index (χ4v) is 2.11. The lowest BCUT2D eigenvalue weighted by Gasteiger charge is -2.01. The fourth-order valence-electron chi connectivity index (χ4n) is 1.89. The summed E-state index contributed by atoms with van der Waals surface area (Å²) in [5.41, 5.74) is 2.77. The minimum Gasteiger partial charge on any atom is -0.454 e. The molecule has 0 saturated heterocycles. The van der Waals surface area contributed by atoms with E-state index in [2.05, 4.69) is 4.98 Å². The van der Waals surface area contributed by atoms with Gasteiger partial charge in [-0.3, -0.25) is 4.98 Å². The summed E-state index contributed by atoms with van der Waals surface area (Å²) in [6, 6.07) is 9.53. The van der Waals surface area contributed by atoms with Crippen LogP contribution in [-0.4, -0.2) is 11.8 Å². The highest BCUT2D eigenvalue weighted by Gasteiger charge is 2.15. The van der Waals surface area contributed by atoms with Gasteiger partial charge in [0, 0.05) is 11.8 Å². The van der Waals surface area contributed by atoms with Gasteiger partial charge < -0.3 is 9.47 Å². The Balaban J connectivity index is 1.91. The highest BCUT2D eigenvalue weighted by atomic mass is 35.5. The largest absolute Gasteiger partial charge is 0.454 e. The Hall–Kier alpha value is -2.00. The summed E-state index contributed by atoms with van der Waals surface area (Å²) in [6.07, 6.45) is 3.85. The predicted octanol–water partition coefficient (Wildman–Crippen LogP) is 3.94. The minimum atomic E-state index is 0.248. The van der Waals surface area contributed by atoms with E-state index < -0.39 is 0 Å². The average molecular weight is 274 g/mol. The molecule has 96 valence electrons. The molecule has 2 aromatic rings. The van der Waals surface area contributed by atoms with Gasteiger partial charge in [-0.05, 0) is 36.8 Å². The molecule has 0 saturated carbocycles. The van der Waals surface area contributed by atoms with Gasteiger partial charge in [0.1, 0.15) is 0 Å². The van der Waals surface area contributed by atoms with Gasteiger partial charge in [0.2, 0.25) is 6.79 Å². The molecule has 3 nitrogen and oxygen atoms in total. The molecule has 0 N–H and O–H groups in total. The van der Waals surface area contributed by atoms with Gasteiger partial charge in [-0.15, -0.1) is 0 Å². The number of aryl methyl sites for hydroxylation is 1. The number of benzene rings is 1. The van der Waals surface area contributed by atoms with Gasteiger partial charge in [-0.25, -0.2) is 0 Å². The lowest BCUT2D eigenvalue weighted by atomic mass is 10.1. The second kappa shape index (κ2) is 4.94. The molecule has 0 spiro atoms. The Bertz CT molecular complexity index is 653. The SMILES string of the molecule is Cc1cccc(/C=C/c2cc3c(cc2Cl)OCO3)n1. The van der Waals surface area contributed by atoms with Crippen molar-refractivity contribution in [3.8, 4) is 11.5 Å². The summed E-state index contributed by atoms with van der Waals surface area (Å²) in [5.74, 6) is 1.41. The van der Waals surface area contributed by atoms with Crippen LogP contribution in [0.5, 0.6) is 11.5 Å². The zero-order chi connectivity index (χ0) is 13.2. The summed E-state index contributed by atoms with van der Waals surface area (Å²) in [7, 11) is 0. The molecule has 0 unspecified atom stereocenters. The van der Waals surface area contributed by atoms with Crippen molar-refractivity contribution in [1.82, 2.24) is 4.98 Å². The Morgan fingerprint density at radius 3 is 2.74 bits per heavy atom. The van der Waals surface area contributed by atoms with Gasteiger partial charge >= 0.3 is 0 Å². The molecule has 0 bridgehead atoms. The Morgan fingerprint density at radius 1 is 1.16 bits per heavy atom. The van der Waals surface area contributed by atoms with Gasteiger partial charge in [0.05, 0.1) is 10.7 Å². The lowest BCUT2D eigenvalue weighted by Crippen LogP contribution is -1.92. The molecule has 19 heavy (non-hydrogen) atoms. The van der Waals surface area contributed by atoms with E-state index >= 15 is 0 Å². The Labute approximate surface area is 116 Å². The number of aromatic nitrogens is 1. The highest BCUT2D eigenvalue weighted by Crippen LogP contribution is 2.37. The third kappa shape index (κ3) is 2.56. The summed E-state index contributed by atoms with van der Waals surface area (Å²) >= 11 is 6.20. The summed E-state index contributed by atoms with van der Waals surface area (Å²) in [6.45, 7) is 2.21. The van der Waals surface area contributed by atoms with Crippen molar-refractivity contribution >= 4 is 23.8 Å². The van der Waals surface area contributed by atoms with E-state index in [4.69, 9.17) is 21.1 Å².